The number of allylic oxidation sites excluding steroid dienone is 2. The number of ether oxygens (including phenoxy) is 1. The first-order valence-corrected chi connectivity index (χ1v) is 6.21. The Labute approximate surface area is 113 Å². The first-order valence-electron chi connectivity index (χ1n) is 6.21. The predicted octanol–water partition coefficient (Wildman–Crippen LogP) is 1.36. The standard InChI is InChI=1S/C14H21NO4/c1-14(2,11(15-3)12(16)17)10-7-5-9(6-8-10)13(18)19-4/h5-7,10-11,15H,8H2,1-4H3,(H,16,17). The summed E-state index contributed by atoms with van der Waals surface area (Å²) in [6.45, 7) is 3.82. The van der Waals surface area contributed by atoms with Gasteiger partial charge in [-0.15, -0.1) is 0 Å². The van der Waals surface area contributed by atoms with E-state index in [2.05, 4.69) is 10.1 Å². The molecular formula is C14H21NO4. The zero-order valence-electron chi connectivity index (χ0n) is 11.8. The average molecular weight is 267 g/mol. The normalized spacial score (nSPS) is 20.6. The predicted molar refractivity (Wildman–Crippen MR) is 71.6 cm³/mol. The Morgan fingerprint density at radius 1 is 1.53 bits per heavy atom. The minimum absolute atomic E-state index is 0.0504. The van der Waals surface area contributed by atoms with Crippen molar-refractivity contribution in [2.75, 3.05) is 14.2 Å². The fourth-order valence-corrected chi connectivity index (χ4v) is 2.47. The van der Waals surface area contributed by atoms with E-state index in [-0.39, 0.29) is 11.9 Å². The number of carboxylic acids is 1. The van der Waals surface area contributed by atoms with Crippen LogP contribution < -0.4 is 5.32 Å². The van der Waals surface area contributed by atoms with Gasteiger partial charge in [0.1, 0.15) is 6.04 Å². The van der Waals surface area contributed by atoms with Crippen molar-refractivity contribution in [2.24, 2.45) is 11.3 Å². The smallest absolute Gasteiger partial charge is 0.337 e. The van der Waals surface area contributed by atoms with Gasteiger partial charge in [0.05, 0.1) is 12.7 Å². The van der Waals surface area contributed by atoms with E-state index in [0.717, 1.165) is 0 Å². The van der Waals surface area contributed by atoms with Crippen LogP contribution in [0, 0.1) is 11.3 Å². The van der Waals surface area contributed by atoms with Crippen molar-refractivity contribution in [3.8, 4) is 0 Å². The lowest BCUT2D eigenvalue weighted by Crippen LogP contribution is -2.49. The molecule has 0 aliphatic heterocycles. The molecule has 19 heavy (non-hydrogen) atoms. The van der Waals surface area contributed by atoms with E-state index in [1.54, 1.807) is 19.2 Å². The third kappa shape index (κ3) is 3.23. The van der Waals surface area contributed by atoms with Crippen molar-refractivity contribution in [3.05, 3.63) is 23.8 Å². The molecule has 2 N–H and O–H groups in total. The summed E-state index contributed by atoms with van der Waals surface area (Å²) in [6.07, 6.45) is 6.02. The molecule has 0 bridgehead atoms. The van der Waals surface area contributed by atoms with Crippen molar-refractivity contribution < 1.29 is 19.4 Å². The summed E-state index contributed by atoms with van der Waals surface area (Å²) in [4.78, 5) is 22.6. The maximum Gasteiger partial charge on any atom is 0.337 e. The molecule has 0 heterocycles. The van der Waals surface area contributed by atoms with Gasteiger partial charge in [-0.1, -0.05) is 32.1 Å². The molecule has 0 fully saturated rings. The molecule has 5 heteroatoms. The van der Waals surface area contributed by atoms with Crippen molar-refractivity contribution in [1.82, 2.24) is 5.32 Å². The fraction of sp³-hybridized carbons (Fsp3) is 0.571. The molecule has 0 radical (unpaired) electrons. The van der Waals surface area contributed by atoms with Crippen molar-refractivity contribution in [3.63, 3.8) is 0 Å². The fourth-order valence-electron chi connectivity index (χ4n) is 2.47. The maximum absolute atomic E-state index is 11.4. The van der Waals surface area contributed by atoms with Gasteiger partial charge in [0, 0.05) is 0 Å². The molecule has 2 unspecified atom stereocenters. The minimum atomic E-state index is -0.872. The lowest BCUT2D eigenvalue weighted by atomic mass is 9.70. The first kappa shape index (κ1) is 15.4. The zero-order chi connectivity index (χ0) is 14.6. The number of methoxy groups -OCH3 is 1. The summed E-state index contributed by atoms with van der Waals surface area (Å²) in [5.41, 5.74) is 0.0563. The number of carbonyl (C=O) groups is 2. The van der Waals surface area contributed by atoms with Crippen LogP contribution in [-0.4, -0.2) is 37.2 Å². The minimum Gasteiger partial charge on any atom is -0.480 e. The zero-order valence-corrected chi connectivity index (χ0v) is 11.8. The Morgan fingerprint density at radius 2 is 2.16 bits per heavy atom. The van der Waals surface area contributed by atoms with Crippen LogP contribution in [0.5, 0.6) is 0 Å². The molecule has 0 aromatic heterocycles. The van der Waals surface area contributed by atoms with Crippen LogP contribution >= 0.6 is 0 Å². The average Bonchev–Trinajstić information content (AvgIpc) is 2.38. The second kappa shape index (κ2) is 6.02. The summed E-state index contributed by atoms with van der Waals surface area (Å²) in [5.74, 6) is -1.19. The summed E-state index contributed by atoms with van der Waals surface area (Å²) < 4.78 is 4.65. The van der Waals surface area contributed by atoms with Gasteiger partial charge in [-0.3, -0.25) is 4.79 Å². The van der Waals surface area contributed by atoms with Crippen LogP contribution in [0.4, 0.5) is 0 Å². The molecule has 2 atom stereocenters. The van der Waals surface area contributed by atoms with Gasteiger partial charge in [-0.25, -0.2) is 4.79 Å². The van der Waals surface area contributed by atoms with Gasteiger partial charge in [-0.05, 0) is 24.8 Å². The molecular weight excluding hydrogens is 246 g/mol. The molecule has 1 rings (SSSR count). The van der Waals surface area contributed by atoms with E-state index in [1.807, 2.05) is 19.9 Å². The highest BCUT2D eigenvalue weighted by Crippen LogP contribution is 2.37. The second-order valence-corrected chi connectivity index (χ2v) is 5.23. The number of hydrogen-bond acceptors (Lipinski definition) is 4. The maximum atomic E-state index is 11.4. The van der Waals surface area contributed by atoms with Gasteiger partial charge >= 0.3 is 11.9 Å². The summed E-state index contributed by atoms with van der Waals surface area (Å²) >= 11 is 0. The highest BCUT2D eigenvalue weighted by atomic mass is 16.5. The van der Waals surface area contributed by atoms with Crippen LogP contribution in [0.15, 0.2) is 23.8 Å². The number of esters is 1. The van der Waals surface area contributed by atoms with E-state index in [4.69, 9.17) is 0 Å². The molecule has 0 amide bonds. The highest BCUT2D eigenvalue weighted by molar-refractivity contribution is 5.91. The van der Waals surface area contributed by atoms with E-state index < -0.39 is 17.4 Å². The Balaban J connectivity index is 2.85. The third-order valence-electron chi connectivity index (χ3n) is 3.76. The van der Waals surface area contributed by atoms with Crippen molar-refractivity contribution in [2.45, 2.75) is 26.3 Å². The molecule has 1 aliphatic rings. The number of hydrogen-bond donors (Lipinski definition) is 2. The number of aliphatic carboxylic acids is 1. The van der Waals surface area contributed by atoms with Crippen LogP contribution in [0.1, 0.15) is 20.3 Å². The number of carbonyl (C=O) groups excluding carboxylic acids is 1. The monoisotopic (exact) mass is 267 g/mol. The Kier molecular flexibility index (Phi) is 4.89. The third-order valence-corrected chi connectivity index (χ3v) is 3.76. The molecule has 0 saturated carbocycles. The van der Waals surface area contributed by atoms with Crippen molar-refractivity contribution in [1.29, 1.82) is 0 Å². The molecule has 0 spiro atoms. The largest absolute Gasteiger partial charge is 0.480 e. The highest BCUT2D eigenvalue weighted by Gasteiger charge is 2.39. The lowest BCUT2D eigenvalue weighted by molar-refractivity contribution is -0.143. The molecule has 5 nitrogen and oxygen atoms in total. The topological polar surface area (TPSA) is 75.6 Å². The molecule has 1 aliphatic carbocycles. The van der Waals surface area contributed by atoms with Crippen LogP contribution in [0.3, 0.4) is 0 Å². The van der Waals surface area contributed by atoms with Gasteiger partial charge in [0.2, 0.25) is 0 Å². The molecule has 106 valence electrons. The van der Waals surface area contributed by atoms with E-state index in [9.17, 15) is 14.7 Å². The van der Waals surface area contributed by atoms with Gasteiger partial charge in [0.25, 0.3) is 0 Å². The number of rotatable bonds is 5. The number of likely N-dealkylation sites (N-methyl/N-ethyl adjacent to an activating group) is 1. The molecule has 0 aromatic carbocycles. The number of carboxylic acid groups (broad SMARTS) is 1. The summed E-state index contributed by atoms with van der Waals surface area (Å²) in [5, 5.41) is 12.1. The van der Waals surface area contributed by atoms with E-state index in [1.165, 1.54) is 7.11 Å². The van der Waals surface area contributed by atoms with E-state index >= 15 is 0 Å². The van der Waals surface area contributed by atoms with Gasteiger partial charge in [-0.2, -0.15) is 0 Å². The Morgan fingerprint density at radius 3 is 2.53 bits per heavy atom. The number of nitrogens with one attached hydrogen (secondary N) is 1. The first-order chi connectivity index (χ1) is 8.84. The SMILES string of the molecule is CNC(C(=O)O)C(C)(C)C1C=CC(C(=O)OC)=CC1. The van der Waals surface area contributed by atoms with Crippen LogP contribution in [0.25, 0.3) is 0 Å². The van der Waals surface area contributed by atoms with Gasteiger partial charge in [0.15, 0.2) is 0 Å². The Bertz CT molecular complexity index is 423. The second-order valence-electron chi connectivity index (χ2n) is 5.23. The summed E-state index contributed by atoms with van der Waals surface area (Å²) in [7, 11) is 2.98. The Hall–Kier alpha value is -1.62. The summed E-state index contributed by atoms with van der Waals surface area (Å²) in [6, 6.07) is -0.643. The molecule has 0 aromatic rings. The van der Waals surface area contributed by atoms with Crippen LogP contribution in [0.2, 0.25) is 0 Å². The van der Waals surface area contributed by atoms with Crippen molar-refractivity contribution >= 4 is 11.9 Å². The quantitative estimate of drug-likeness (QED) is 0.736. The van der Waals surface area contributed by atoms with E-state index in [0.29, 0.717) is 12.0 Å². The lowest BCUT2D eigenvalue weighted by Gasteiger charge is -2.38. The van der Waals surface area contributed by atoms with Crippen LogP contribution in [-0.2, 0) is 14.3 Å². The molecule has 0 saturated heterocycles. The van der Waals surface area contributed by atoms with Gasteiger partial charge < -0.3 is 15.2 Å².